The Labute approximate surface area is 113 Å². The van der Waals surface area contributed by atoms with Crippen molar-refractivity contribution in [3.05, 3.63) is 29.8 Å². The number of benzene rings is 1. The van der Waals surface area contributed by atoms with Gasteiger partial charge in [0.15, 0.2) is 0 Å². The highest BCUT2D eigenvalue weighted by Crippen LogP contribution is 2.18. The number of hydrogen-bond donors (Lipinski definition) is 1. The molecule has 2 atom stereocenters. The molecule has 0 saturated carbocycles. The molecular weight excluding hydrogens is 264 g/mol. The van der Waals surface area contributed by atoms with Gasteiger partial charge in [0.1, 0.15) is 0 Å². The van der Waals surface area contributed by atoms with Crippen molar-refractivity contribution in [1.82, 2.24) is 4.72 Å². The third-order valence-electron chi connectivity index (χ3n) is 3.16. The highest BCUT2D eigenvalue weighted by Gasteiger charge is 2.26. The van der Waals surface area contributed by atoms with Gasteiger partial charge in [-0.05, 0) is 44.0 Å². The first kappa shape index (κ1) is 14.0. The van der Waals surface area contributed by atoms with E-state index in [9.17, 15) is 8.42 Å². The van der Waals surface area contributed by atoms with Crippen molar-refractivity contribution in [2.45, 2.75) is 36.8 Å². The second kappa shape index (κ2) is 5.70. The smallest absolute Gasteiger partial charge is 0.240 e. The van der Waals surface area contributed by atoms with Crippen LogP contribution in [0.3, 0.4) is 0 Å². The summed E-state index contributed by atoms with van der Waals surface area (Å²) in [5, 5.41) is 8.69. The fourth-order valence-electron chi connectivity index (χ4n) is 2.09. The largest absolute Gasteiger partial charge is 0.377 e. The third-order valence-corrected chi connectivity index (χ3v) is 4.73. The third kappa shape index (κ3) is 3.32. The molecule has 1 saturated heterocycles. The summed E-state index contributed by atoms with van der Waals surface area (Å²) < 4.78 is 32.4. The Kier molecular flexibility index (Phi) is 4.20. The van der Waals surface area contributed by atoms with Gasteiger partial charge in [0.2, 0.25) is 10.0 Å². The quantitative estimate of drug-likeness (QED) is 0.904. The summed E-state index contributed by atoms with van der Waals surface area (Å²) in [6.07, 6.45) is 1.78. The van der Waals surface area contributed by atoms with Gasteiger partial charge in [0.25, 0.3) is 0 Å². The SMILES string of the molecule is CC(NS(=O)(=O)c1ccc(C#N)cc1)C1CCCO1. The van der Waals surface area contributed by atoms with Crippen LogP contribution in [0.1, 0.15) is 25.3 Å². The molecule has 1 aromatic carbocycles. The van der Waals surface area contributed by atoms with Gasteiger partial charge in [-0.15, -0.1) is 0 Å². The molecule has 1 N–H and O–H groups in total. The summed E-state index contributed by atoms with van der Waals surface area (Å²) >= 11 is 0. The Morgan fingerprint density at radius 3 is 2.63 bits per heavy atom. The molecule has 1 aromatic rings. The van der Waals surface area contributed by atoms with Gasteiger partial charge >= 0.3 is 0 Å². The van der Waals surface area contributed by atoms with Crippen LogP contribution in [-0.2, 0) is 14.8 Å². The Morgan fingerprint density at radius 2 is 2.11 bits per heavy atom. The van der Waals surface area contributed by atoms with Gasteiger partial charge in [-0.2, -0.15) is 5.26 Å². The maximum absolute atomic E-state index is 12.1. The van der Waals surface area contributed by atoms with Crippen LogP contribution >= 0.6 is 0 Å². The van der Waals surface area contributed by atoms with E-state index in [1.807, 2.05) is 6.07 Å². The van der Waals surface area contributed by atoms with Gasteiger partial charge < -0.3 is 4.74 Å². The molecule has 6 heteroatoms. The number of hydrogen-bond acceptors (Lipinski definition) is 4. The lowest BCUT2D eigenvalue weighted by Gasteiger charge is -2.19. The molecule has 0 spiro atoms. The van der Waals surface area contributed by atoms with Gasteiger partial charge in [0, 0.05) is 12.6 Å². The van der Waals surface area contributed by atoms with E-state index in [0.29, 0.717) is 12.2 Å². The average molecular weight is 280 g/mol. The molecule has 1 heterocycles. The van der Waals surface area contributed by atoms with E-state index in [-0.39, 0.29) is 17.0 Å². The van der Waals surface area contributed by atoms with Crippen LogP contribution in [0.5, 0.6) is 0 Å². The maximum atomic E-state index is 12.1. The average Bonchev–Trinajstić information content (AvgIpc) is 2.92. The second-order valence-electron chi connectivity index (χ2n) is 4.60. The number of sulfonamides is 1. The molecule has 102 valence electrons. The molecule has 1 aliphatic heterocycles. The lowest BCUT2D eigenvalue weighted by atomic mass is 10.1. The van der Waals surface area contributed by atoms with Gasteiger partial charge in [-0.3, -0.25) is 0 Å². The van der Waals surface area contributed by atoms with Crippen LogP contribution in [0.15, 0.2) is 29.2 Å². The first-order chi connectivity index (χ1) is 9.03. The minimum atomic E-state index is -3.56. The first-order valence-electron chi connectivity index (χ1n) is 6.17. The Morgan fingerprint density at radius 1 is 1.42 bits per heavy atom. The zero-order valence-electron chi connectivity index (χ0n) is 10.7. The van der Waals surface area contributed by atoms with Crippen LogP contribution in [0.2, 0.25) is 0 Å². The zero-order valence-corrected chi connectivity index (χ0v) is 11.5. The van der Waals surface area contributed by atoms with E-state index in [2.05, 4.69) is 4.72 Å². The van der Waals surface area contributed by atoms with Gasteiger partial charge in [-0.25, -0.2) is 13.1 Å². The van der Waals surface area contributed by atoms with Crippen LogP contribution in [-0.4, -0.2) is 27.2 Å². The summed E-state index contributed by atoms with van der Waals surface area (Å²) in [5.41, 5.74) is 0.436. The van der Waals surface area contributed by atoms with E-state index in [0.717, 1.165) is 12.8 Å². The van der Waals surface area contributed by atoms with Crippen molar-refractivity contribution in [3.8, 4) is 6.07 Å². The first-order valence-corrected chi connectivity index (χ1v) is 7.65. The number of nitrogens with zero attached hydrogens (tertiary/aromatic N) is 1. The molecule has 1 fully saturated rings. The molecule has 0 bridgehead atoms. The van der Waals surface area contributed by atoms with Gasteiger partial charge in [0.05, 0.1) is 22.6 Å². The Balaban J connectivity index is 2.10. The minimum absolute atomic E-state index is 0.0619. The predicted molar refractivity (Wildman–Crippen MR) is 69.9 cm³/mol. The molecule has 2 unspecified atom stereocenters. The van der Waals surface area contributed by atoms with Crippen LogP contribution < -0.4 is 4.72 Å². The van der Waals surface area contributed by atoms with Crippen LogP contribution in [0.4, 0.5) is 0 Å². The summed E-state index contributed by atoms with van der Waals surface area (Å²) in [6.45, 7) is 2.49. The van der Waals surface area contributed by atoms with Crippen molar-refractivity contribution < 1.29 is 13.2 Å². The summed E-state index contributed by atoms with van der Waals surface area (Å²) in [7, 11) is -3.56. The van der Waals surface area contributed by atoms with Crippen molar-refractivity contribution in [1.29, 1.82) is 5.26 Å². The molecule has 0 aliphatic carbocycles. The number of rotatable bonds is 4. The highest BCUT2D eigenvalue weighted by atomic mass is 32.2. The Hall–Kier alpha value is -1.42. The fourth-order valence-corrected chi connectivity index (χ4v) is 3.37. The fraction of sp³-hybridized carbons (Fsp3) is 0.462. The standard InChI is InChI=1S/C13H16N2O3S/c1-10(13-3-2-8-18-13)15-19(16,17)12-6-4-11(9-14)5-7-12/h4-7,10,13,15H,2-3,8H2,1H3. The number of ether oxygens (including phenoxy) is 1. The number of nitrogens with one attached hydrogen (secondary N) is 1. The van der Waals surface area contributed by atoms with Crippen molar-refractivity contribution in [2.24, 2.45) is 0 Å². The van der Waals surface area contributed by atoms with Crippen molar-refractivity contribution in [3.63, 3.8) is 0 Å². The monoisotopic (exact) mass is 280 g/mol. The van der Waals surface area contributed by atoms with E-state index >= 15 is 0 Å². The van der Waals surface area contributed by atoms with E-state index in [1.165, 1.54) is 24.3 Å². The lowest BCUT2D eigenvalue weighted by Crippen LogP contribution is -2.40. The molecule has 0 aromatic heterocycles. The minimum Gasteiger partial charge on any atom is -0.377 e. The van der Waals surface area contributed by atoms with E-state index in [1.54, 1.807) is 6.92 Å². The number of nitriles is 1. The molecule has 0 radical (unpaired) electrons. The van der Waals surface area contributed by atoms with E-state index < -0.39 is 10.0 Å². The highest BCUT2D eigenvalue weighted by molar-refractivity contribution is 7.89. The summed E-state index contributed by atoms with van der Waals surface area (Å²) in [4.78, 5) is 0.163. The van der Waals surface area contributed by atoms with Crippen LogP contribution in [0.25, 0.3) is 0 Å². The molecule has 5 nitrogen and oxygen atoms in total. The lowest BCUT2D eigenvalue weighted by molar-refractivity contribution is 0.0902. The summed E-state index contributed by atoms with van der Waals surface area (Å²) in [5.74, 6) is 0. The molecule has 1 aliphatic rings. The van der Waals surface area contributed by atoms with E-state index in [4.69, 9.17) is 10.00 Å². The molecular formula is C13H16N2O3S. The van der Waals surface area contributed by atoms with Crippen molar-refractivity contribution in [2.75, 3.05) is 6.61 Å². The van der Waals surface area contributed by atoms with Crippen LogP contribution in [0, 0.1) is 11.3 Å². The molecule has 2 rings (SSSR count). The Bertz CT molecular complexity index is 569. The maximum Gasteiger partial charge on any atom is 0.240 e. The topological polar surface area (TPSA) is 79.2 Å². The predicted octanol–water partition coefficient (Wildman–Crippen LogP) is 1.40. The molecule has 0 amide bonds. The molecule has 19 heavy (non-hydrogen) atoms. The van der Waals surface area contributed by atoms with Crippen molar-refractivity contribution >= 4 is 10.0 Å². The zero-order chi connectivity index (χ0) is 13.9. The second-order valence-corrected chi connectivity index (χ2v) is 6.31. The normalized spacial score (nSPS) is 20.9. The summed E-state index contributed by atoms with van der Waals surface area (Å²) in [6, 6.07) is 7.54. The van der Waals surface area contributed by atoms with Gasteiger partial charge in [-0.1, -0.05) is 0 Å².